The fourth-order valence-corrected chi connectivity index (χ4v) is 3.70. The Kier molecular flexibility index (Phi) is 4.33. The van der Waals surface area contributed by atoms with Gasteiger partial charge < -0.3 is 5.73 Å². The van der Waals surface area contributed by atoms with Crippen molar-refractivity contribution in [1.82, 2.24) is 0 Å². The molecule has 3 rings (SSSR count). The molecule has 23 heavy (non-hydrogen) atoms. The third-order valence-electron chi connectivity index (χ3n) is 3.71. The highest BCUT2D eigenvalue weighted by Crippen LogP contribution is 2.36. The average Bonchev–Trinajstić information content (AvgIpc) is 2.79. The van der Waals surface area contributed by atoms with Crippen molar-refractivity contribution in [2.24, 2.45) is 0 Å². The molecule has 4 nitrogen and oxygen atoms in total. The van der Waals surface area contributed by atoms with Crippen LogP contribution in [0.4, 0.5) is 11.4 Å². The first-order valence-electron chi connectivity index (χ1n) is 7.11. The van der Waals surface area contributed by atoms with E-state index >= 15 is 0 Å². The molecule has 1 fully saturated rings. The Hall–Kier alpha value is -1.98. The third kappa shape index (κ3) is 3.07. The number of anilines is 2. The van der Waals surface area contributed by atoms with Gasteiger partial charge in [0.25, 0.3) is 0 Å². The summed E-state index contributed by atoms with van der Waals surface area (Å²) in [6.45, 7) is 1.87. The van der Waals surface area contributed by atoms with Crippen molar-refractivity contribution in [3.63, 3.8) is 0 Å². The van der Waals surface area contributed by atoms with Gasteiger partial charge in [0.1, 0.15) is 0 Å². The van der Waals surface area contributed by atoms with Crippen LogP contribution >= 0.6 is 23.4 Å². The van der Waals surface area contributed by atoms with E-state index < -0.39 is 5.25 Å². The molecule has 0 saturated carbocycles. The number of nitrogens with two attached hydrogens (primary N) is 1. The third-order valence-corrected chi connectivity index (χ3v) is 5.39. The minimum Gasteiger partial charge on any atom is -0.398 e. The first-order chi connectivity index (χ1) is 11.0. The highest BCUT2D eigenvalue weighted by Gasteiger charge is 2.40. The van der Waals surface area contributed by atoms with Crippen LogP contribution in [-0.2, 0) is 9.59 Å². The van der Waals surface area contributed by atoms with Crippen LogP contribution < -0.4 is 10.6 Å². The Balaban J connectivity index is 1.85. The molecule has 118 valence electrons. The summed E-state index contributed by atoms with van der Waals surface area (Å²) >= 11 is 7.43. The molecule has 1 aliphatic heterocycles. The maximum Gasteiger partial charge on any atom is 0.247 e. The second-order valence-corrected chi connectivity index (χ2v) is 7.00. The number of hydrogen-bond donors (Lipinski definition) is 1. The second-order valence-electron chi connectivity index (χ2n) is 5.35. The quantitative estimate of drug-likeness (QED) is 0.680. The summed E-state index contributed by atoms with van der Waals surface area (Å²) in [6, 6.07) is 12.5. The largest absolute Gasteiger partial charge is 0.398 e. The van der Waals surface area contributed by atoms with Crippen LogP contribution in [0.5, 0.6) is 0 Å². The van der Waals surface area contributed by atoms with Crippen LogP contribution in [0.2, 0.25) is 5.02 Å². The van der Waals surface area contributed by atoms with Gasteiger partial charge in [-0.25, -0.2) is 4.90 Å². The molecule has 0 bridgehead atoms. The first-order valence-corrected chi connectivity index (χ1v) is 8.37. The van der Waals surface area contributed by atoms with Crippen LogP contribution in [0.25, 0.3) is 0 Å². The average molecular weight is 347 g/mol. The highest BCUT2D eigenvalue weighted by atomic mass is 35.5. The van der Waals surface area contributed by atoms with E-state index in [2.05, 4.69) is 0 Å². The smallest absolute Gasteiger partial charge is 0.247 e. The molecule has 0 radical (unpaired) electrons. The molecule has 1 aliphatic rings. The number of para-hydroxylation sites is 1. The van der Waals surface area contributed by atoms with Crippen LogP contribution in [-0.4, -0.2) is 17.1 Å². The van der Waals surface area contributed by atoms with Crippen molar-refractivity contribution in [3.05, 3.63) is 53.1 Å². The molecule has 2 N–H and O–H groups in total. The number of nitrogen functional groups attached to an aromatic ring is 1. The Morgan fingerprint density at radius 3 is 2.65 bits per heavy atom. The summed E-state index contributed by atoms with van der Waals surface area (Å²) in [7, 11) is 0. The second kappa shape index (κ2) is 6.26. The number of amides is 2. The maximum absolute atomic E-state index is 12.6. The predicted molar refractivity (Wildman–Crippen MR) is 93.8 cm³/mol. The van der Waals surface area contributed by atoms with E-state index in [0.29, 0.717) is 16.4 Å². The first kappa shape index (κ1) is 15.9. The zero-order valence-corrected chi connectivity index (χ0v) is 14.0. The molecule has 0 aliphatic carbocycles. The number of aryl methyl sites for hydroxylation is 1. The normalized spacial score (nSPS) is 17.8. The zero-order chi connectivity index (χ0) is 16.6. The number of halogens is 1. The topological polar surface area (TPSA) is 63.4 Å². The zero-order valence-electron chi connectivity index (χ0n) is 12.5. The molecule has 1 saturated heterocycles. The van der Waals surface area contributed by atoms with Crippen LogP contribution in [0, 0.1) is 6.92 Å². The highest BCUT2D eigenvalue weighted by molar-refractivity contribution is 8.00. The van der Waals surface area contributed by atoms with Gasteiger partial charge in [-0.15, -0.1) is 11.8 Å². The fraction of sp³-hybridized carbons (Fsp3) is 0.176. The standard InChI is InChI=1S/C17H15ClN2O2S/c1-10-6-7-11(8-12(10)18)20-16(21)9-15(17(20)22)23-14-5-3-2-4-13(14)19/h2-8,15H,9,19H2,1H3/t15-/m1/s1. The lowest BCUT2D eigenvalue weighted by molar-refractivity contribution is -0.121. The summed E-state index contributed by atoms with van der Waals surface area (Å²) in [4.78, 5) is 26.9. The number of carbonyl (C=O) groups is 2. The molecule has 2 aromatic rings. The molecular weight excluding hydrogens is 332 g/mol. The van der Waals surface area contributed by atoms with Gasteiger partial charge in [0.15, 0.2) is 0 Å². The van der Waals surface area contributed by atoms with Gasteiger partial charge in [0.2, 0.25) is 11.8 Å². The number of thioether (sulfide) groups is 1. The number of carbonyl (C=O) groups excluding carboxylic acids is 2. The SMILES string of the molecule is Cc1ccc(N2C(=O)C[C@@H](Sc3ccccc3N)C2=O)cc1Cl. The van der Waals surface area contributed by atoms with Crippen LogP contribution in [0.15, 0.2) is 47.4 Å². The number of rotatable bonds is 3. The lowest BCUT2D eigenvalue weighted by Crippen LogP contribution is -2.31. The van der Waals surface area contributed by atoms with Gasteiger partial charge >= 0.3 is 0 Å². The Labute approximate surface area is 143 Å². The summed E-state index contributed by atoms with van der Waals surface area (Å²) in [5, 5.41) is 0.0683. The fourth-order valence-electron chi connectivity index (χ4n) is 2.43. The Bertz CT molecular complexity index is 794. The summed E-state index contributed by atoms with van der Waals surface area (Å²) in [5.41, 5.74) is 7.93. The number of nitrogens with zero attached hydrogens (tertiary/aromatic N) is 1. The summed E-state index contributed by atoms with van der Waals surface area (Å²) in [5.74, 6) is -0.454. The van der Waals surface area contributed by atoms with Crippen molar-refractivity contribution in [1.29, 1.82) is 0 Å². The van der Waals surface area contributed by atoms with E-state index in [1.807, 2.05) is 25.1 Å². The molecular formula is C17H15ClN2O2S. The number of hydrogen-bond acceptors (Lipinski definition) is 4. The van der Waals surface area contributed by atoms with Gasteiger partial charge in [-0.3, -0.25) is 9.59 Å². The van der Waals surface area contributed by atoms with Gasteiger partial charge in [-0.05, 0) is 36.8 Å². The molecule has 1 atom stereocenters. The van der Waals surface area contributed by atoms with Crippen molar-refractivity contribution < 1.29 is 9.59 Å². The Morgan fingerprint density at radius 2 is 1.96 bits per heavy atom. The molecule has 0 aromatic heterocycles. The predicted octanol–water partition coefficient (Wildman–Crippen LogP) is 3.65. The van der Waals surface area contributed by atoms with Crippen molar-refractivity contribution >= 4 is 46.6 Å². The van der Waals surface area contributed by atoms with E-state index in [1.54, 1.807) is 24.3 Å². The van der Waals surface area contributed by atoms with E-state index in [4.69, 9.17) is 17.3 Å². The van der Waals surface area contributed by atoms with E-state index in [9.17, 15) is 9.59 Å². The molecule has 0 spiro atoms. The van der Waals surface area contributed by atoms with E-state index in [0.717, 1.165) is 10.5 Å². The van der Waals surface area contributed by atoms with Gasteiger partial charge in [-0.2, -0.15) is 0 Å². The van der Waals surface area contributed by atoms with Gasteiger partial charge in [-0.1, -0.05) is 29.8 Å². The molecule has 1 heterocycles. The molecule has 6 heteroatoms. The summed E-state index contributed by atoms with van der Waals surface area (Å²) < 4.78 is 0. The lowest BCUT2D eigenvalue weighted by atomic mass is 10.2. The van der Waals surface area contributed by atoms with E-state index in [1.165, 1.54) is 16.7 Å². The lowest BCUT2D eigenvalue weighted by Gasteiger charge is -2.16. The van der Waals surface area contributed by atoms with Gasteiger partial charge in [0, 0.05) is 22.0 Å². The van der Waals surface area contributed by atoms with Gasteiger partial charge in [0.05, 0.1) is 10.9 Å². The maximum atomic E-state index is 12.6. The number of imide groups is 1. The molecule has 2 amide bonds. The van der Waals surface area contributed by atoms with E-state index in [-0.39, 0.29) is 18.2 Å². The summed E-state index contributed by atoms with van der Waals surface area (Å²) in [6.07, 6.45) is 0.156. The van der Waals surface area contributed by atoms with Crippen molar-refractivity contribution in [2.45, 2.75) is 23.5 Å². The minimum atomic E-state index is -0.465. The van der Waals surface area contributed by atoms with Crippen LogP contribution in [0.3, 0.4) is 0 Å². The monoisotopic (exact) mass is 346 g/mol. The minimum absolute atomic E-state index is 0.156. The van der Waals surface area contributed by atoms with Crippen LogP contribution in [0.1, 0.15) is 12.0 Å². The van der Waals surface area contributed by atoms with Crippen molar-refractivity contribution in [3.8, 4) is 0 Å². The number of benzene rings is 2. The Morgan fingerprint density at radius 1 is 1.22 bits per heavy atom. The molecule has 2 aromatic carbocycles. The van der Waals surface area contributed by atoms with Crippen molar-refractivity contribution in [2.75, 3.05) is 10.6 Å². The molecule has 0 unspecified atom stereocenters.